The van der Waals surface area contributed by atoms with Gasteiger partial charge in [0.25, 0.3) is 0 Å². The predicted octanol–water partition coefficient (Wildman–Crippen LogP) is 2.81. The molecule has 0 radical (unpaired) electrons. The van der Waals surface area contributed by atoms with Crippen LogP contribution in [0.3, 0.4) is 0 Å². The van der Waals surface area contributed by atoms with Crippen LogP contribution in [0.5, 0.6) is 0 Å². The summed E-state index contributed by atoms with van der Waals surface area (Å²) in [6.07, 6.45) is 10.2. The molecule has 0 bridgehead atoms. The van der Waals surface area contributed by atoms with E-state index in [0.717, 1.165) is 11.1 Å². The molecule has 3 nitrogen and oxygen atoms in total. The number of thioether (sulfide) groups is 1. The average Bonchev–Trinajstić information content (AvgIpc) is 2.70. The Bertz CT molecular complexity index is 350. The molecule has 0 spiro atoms. The minimum absolute atomic E-state index is 0.338. The van der Waals surface area contributed by atoms with Crippen molar-refractivity contribution in [3.05, 3.63) is 12.4 Å². The van der Waals surface area contributed by atoms with Gasteiger partial charge in [0.05, 0.1) is 0 Å². The standard InChI is InChI=1S/C13H23N3S/c1-3-4-10-5-6-11(14)12(9-10)17-13-15-7-8-16(13)2/h7-8,10-12H,3-6,9,14H2,1-2H3. The van der Waals surface area contributed by atoms with Crippen LogP contribution < -0.4 is 5.73 Å². The Morgan fingerprint density at radius 3 is 3.00 bits per heavy atom. The molecule has 1 aromatic heterocycles. The molecule has 1 fully saturated rings. The molecule has 2 N–H and O–H groups in total. The maximum absolute atomic E-state index is 6.25. The normalized spacial score (nSPS) is 29.5. The summed E-state index contributed by atoms with van der Waals surface area (Å²) in [5.41, 5.74) is 6.25. The zero-order valence-corrected chi connectivity index (χ0v) is 11.6. The number of aromatic nitrogens is 2. The van der Waals surface area contributed by atoms with E-state index in [0.29, 0.717) is 11.3 Å². The number of nitrogens with two attached hydrogens (primary N) is 1. The Morgan fingerprint density at radius 2 is 2.35 bits per heavy atom. The fraction of sp³-hybridized carbons (Fsp3) is 0.769. The first-order chi connectivity index (χ1) is 8.20. The number of rotatable bonds is 4. The number of hydrogen-bond acceptors (Lipinski definition) is 3. The lowest BCUT2D eigenvalue weighted by molar-refractivity contribution is 0.316. The van der Waals surface area contributed by atoms with Crippen LogP contribution >= 0.6 is 11.8 Å². The summed E-state index contributed by atoms with van der Waals surface area (Å²) in [7, 11) is 2.05. The fourth-order valence-electron chi connectivity index (χ4n) is 2.64. The molecule has 17 heavy (non-hydrogen) atoms. The van der Waals surface area contributed by atoms with E-state index in [9.17, 15) is 0 Å². The summed E-state index contributed by atoms with van der Waals surface area (Å²) in [6, 6.07) is 0.338. The van der Waals surface area contributed by atoms with Crippen molar-refractivity contribution < 1.29 is 0 Å². The second-order valence-electron chi connectivity index (χ2n) is 5.11. The molecule has 3 atom stereocenters. The van der Waals surface area contributed by atoms with E-state index >= 15 is 0 Å². The van der Waals surface area contributed by atoms with Crippen molar-refractivity contribution in [2.75, 3.05) is 0 Å². The summed E-state index contributed by atoms with van der Waals surface area (Å²) >= 11 is 1.86. The highest BCUT2D eigenvalue weighted by Gasteiger charge is 2.29. The molecule has 0 aromatic carbocycles. The van der Waals surface area contributed by atoms with Crippen molar-refractivity contribution in [1.82, 2.24) is 9.55 Å². The molecule has 0 saturated heterocycles. The van der Waals surface area contributed by atoms with Gasteiger partial charge >= 0.3 is 0 Å². The number of hydrogen-bond donors (Lipinski definition) is 1. The van der Waals surface area contributed by atoms with Crippen LogP contribution in [-0.4, -0.2) is 20.8 Å². The van der Waals surface area contributed by atoms with Crippen LogP contribution in [0.1, 0.15) is 39.0 Å². The summed E-state index contributed by atoms with van der Waals surface area (Å²) in [5, 5.41) is 1.64. The van der Waals surface area contributed by atoms with Gasteiger partial charge in [0.1, 0.15) is 0 Å². The molecule has 3 unspecified atom stereocenters. The third kappa shape index (κ3) is 3.26. The van der Waals surface area contributed by atoms with Crippen molar-refractivity contribution in [2.24, 2.45) is 18.7 Å². The Balaban J connectivity index is 1.96. The van der Waals surface area contributed by atoms with Gasteiger partial charge in [-0.15, -0.1) is 0 Å². The summed E-state index contributed by atoms with van der Waals surface area (Å²) in [5.74, 6) is 0.873. The second-order valence-corrected chi connectivity index (χ2v) is 6.31. The van der Waals surface area contributed by atoms with E-state index < -0.39 is 0 Å². The zero-order chi connectivity index (χ0) is 12.3. The quantitative estimate of drug-likeness (QED) is 0.897. The lowest BCUT2D eigenvalue weighted by Crippen LogP contribution is -2.38. The van der Waals surface area contributed by atoms with Gasteiger partial charge in [-0.3, -0.25) is 0 Å². The molecular weight excluding hydrogens is 230 g/mol. The van der Waals surface area contributed by atoms with Crippen LogP contribution in [0.15, 0.2) is 17.6 Å². The largest absolute Gasteiger partial charge is 0.329 e. The third-order valence-corrected chi connectivity index (χ3v) is 5.13. The molecule has 1 aliphatic rings. The molecular formula is C13H23N3S. The summed E-state index contributed by atoms with van der Waals surface area (Å²) in [4.78, 5) is 4.39. The number of nitrogens with zero attached hydrogens (tertiary/aromatic N) is 2. The van der Waals surface area contributed by atoms with E-state index in [1.807, 2.05) is 31.2 Å². The van der Waals surface area contributed by atoms with Gasteiger partial charge in [-0.05, 0) is 25.2 Å². The van der Waals surface area contributed by atoms with E-state index in [1.54, 1.807) is 0 Å². The number of imidazole rings is 1. The molecule has 4 heteroatoms. The third-order valence-electron chi connectivity index (χ3n) is 3.68. The van der Waals surface area contributed by atoms with Gasteiger partial charge in [-0.2, -0.15) is 0 Å². The second kappa shape index (κ2) is 5.91. The Hall–Kier alpha value is -0.480. The van der Waals surface area contributed by atoms with E-state index in [2.05, 4.69) is 16.5 Å². The summed E-state index contributed by atoms with van der Waals surface area (Å²) in [6.45, 7) is 2.27. The fourth-order valence-corrected chi connectivity index (χ4v) is 3.94. The van der Waals surface area contributed by atoms with E-state index in [1.165, 1.54) is 32.1 Å². The minimum Gasteiger partial charge on any atom is -0.329 e. The van der Waals surface area contributed by atoms with E-state index in [4.69, 9.17) is 5.73 Å². The molecule has 1 aliphatic carbocycles. The van der Waals surface area contributed by atoms with Gasteiger partial charge in [-0.25, -0.2) is 4.98 Å². The van der Waals surface area contributed by atoms with Crippen LogP contribution in [0.2, 0.25) is 0 Å². The Morgan fingerprint density at radius 1 is 1.53 bits per heavy atom. The van der Waals surface area contributed by atoms with E-state index in [-0.39, 0.29) is 0 Å². The zero-order valence-electron chi connectivity index (χ0n) is 10.8. The average molecular weight is 253 g/mol. The topological polar surface area (TPSA) is 43.8 Å². The van der Waals surface area contributed by atoms with Gasteiger partial charge in [0.15, 0.2) is 5.16 Å². The van der Waals surface area contributed by atoms with Gasteiger partial charge in [-0.1, -0.05) is 31.5 Å². The highest BCUT2D eigenvalue weighted by molar-refractivity contribution is 7.99. The molecule has 96 valence electrons. The maximum atomic E-state index is 6.25. The minimum atomic E-state index is 0.338. The first-order valence-corrected chi connectivity index (χ1v) is 7.48. The smallest absolute Gasteiger partial charge is 0.167 e. The van der Waals surface area contributed by atoms with Crippen molar-refractivity contribution in [3.63, 3.8) is 0 Å². The van der Waals surface area contributed by atoms with Gasteiger partial charge < -0.3 is 10.3 Å². The highest BCUT2D eigenvalue weighted by Crippen LogP contribution is 2.36. The molecule has 1 heterocycles. The Kier molecular flexibility index (Phi) is 4.51. The summed E-state index contributed by atoms with van der Waals surface area (Å²) < 4.78 is 2.08. The van der Waals surface area contributed by atoms with Crippen molar-refractivity contribution >= 4 is 11.8 Å². The monoisotopic (exact) mass is 253 g/mol. The van der Waals surface area contributed by atoms with Gasteiger partial charge in [0.2, 0.25) is 0 Å². The maximum Gasteiger partial charge on any atom is 0.167 e. The van der Waals surface area contributed by atoms with Crippen molar-refractivity contribution in [3.8, 4) is 0 Å². The highest BCUT2D eigenvalue weighted by atomic mass is 32.2. The molecule has 1 aromatic rings. The van der Waals surface area contributed by atoms with Gasteiger partial charge in [0, 0.05) is 30.7 Å². The number of aryl methyl sites for hydroxylation is 1. The van der Waals surface area contributed by atoms with Crippen molar-refractivity contribution in [1.29, 1.82) is 0 Å². The lowest BCUT2D eigenvalue weighted by atomic mass is 9.83. The Labute approximate surface area is 108 Å². The van der Waals surface area contributed by atoms with Crippen LogP contribution in [-0.2, 0) is 7.05 Å². The van der Waals surface area contributed by atoms with Crippen LogP contribution in [0, 0.1) is 5.92 Å². The first-order valence-electron chi connectivity index (χ1n) is 6.60. The molecule has 0 aliphatic heterocycles. The molecule has 1 saturated carbocycles. The van der Waals surface area contributed by atoms with Crippen LogP contribution in [0.25, 0.3) is 0 Å². The predicted molar refractivity (Wildman–Crippen MR) is 73.1 cm³/mol. The van der Waals surface area contributed by atoms with Crippen molar-refractivity contribution in [2.45, 2.75) is 55.5 Å². The van der Waals surface area contributed by atoms with Crippen LogP contribution in [0.4, 0.5) is 0 Å². The molecule has 0 amide bonds. The SMILES string of the molecule is CCCC1CCC(N)C(Sc2nccn2C)C1. The molecule has 2 rings (SSSR count). The lowest BCUT2D eigenvalue weighted by Gasteiger charge is -2.33. The first kappa shape index (κ1) is 13.0.